The molecule has 0 bridgehead atoms. The van der Waals surface area contributed by atoms with Crippen LogP contribution in [-0.2, 0) is 13.1 Å². The van der Waals surface area contributed by atoms with Gasteiger partial charge < -0.3 is 4.52 Å². The van der Waals surface area contributed by atoms with Gasteiger partial charge in [-0.2, -0.15) is 4.98 Å². The van der Waals surface area contributed by atoms with E-state index in [1.54, 1.807) is 0 Å². The van der Waals surface area contributed by atoms with Crippen LogP contribution in [0.15, 0.2) is 34.9 Å². The Morgan fingerprint density at radius 3 is 2.42 bits per heavy atom. The molecule has 130 valence electrons. The number of piperidine rings is 1. The molecule has 5 nitrogen and oxygen atoms in total. The summed E-state index contributed by atoms with van der Waals surface area (Å²) >= 11 is 0. The lowest BCUT2D eigenvalue weighted by Crippen LogP contribution is -2.53. The first-order chi connectivity index (χ1) is 11.5. The predicted octanol–water partition coefficient (Wildman–Crippen LogP) is 2.97. The molecule has 24 heavy (non-hydrogen) atoms. The second-order valence-electron chi connectivity index (χ2n) is 7.27. The molecule has 2 aromatic rings. The number of likely N-dealkylation sites (tertiary alicyclic amines) is 1. The van der Waals surface area contributed by atoms with E-state index in [0.29, 0.717) is 23.8 Å². The molecule has 0 saturated carbocycles. The van der Waals surface area contributed by atoms with Crippen LogP contribution in [0.1, 0.15) is 31.1 Å². The predicted molar refractivity (Wildman–Crippen MR) is 94.3 cm³/mol. The lowest BCUT2D eigenvalue weighted by molar-refractivity contribution is 0.0277. The Kier molecular flexibility index (Phi) is 5.31. The van der Waals surface area contributed by atoms with Crippen LogP contribution >= 0.6 is 0 Å². The van der Waals surface area contributed by atoms with Gasteiger partial charge in [-0.1, -0.05) is 49.3 Å². The summed E-state index contributed by atoms with van der Waals surface area (Å²) in [4.78, 5) is 9.30. The Balaban J connectivity index is 1.60. The van der Waals surface area contributed by atoms with E-state index in [-0.39, 0.29) is 0 Å². The average molecular weight is 328 g/mol. The number of aryl methyl sites for hydroxylation is 1. The number of hydrogen-bond donors (Lipinski definition) is 0. The molecule has 2 atom stereocenters. The molecule has 0 aliphatic carbocycles. The van der Waals surface area contributed by atoms with Crippen LogP contribution < -0.4 is 0 Å². The van der Waals surface area contributed by atoms with Crippen LogP contribution in [-0.4, -0.2) is 46.1 Å². The van der Waals surface area contributed by atoms with Gasteiger partial charge in [0.05, 0.1) is 6.54 Å². The highest BCUT2D eigenvalue weighted by Crippen LogP contribution is 2.27. The summed E-state index contributed by atoms with van der Waals surface area (Å²) in [5, 5.41) is 4.03. The van der Waals surface area contributed by atoms with Gasteiger partial charge in [0.15, 0.2) is 5.82 Å². The molecule has 3 rings (SSSR count). The molecule has 0 N–H and O–H groups in total. The number of rotatable bonds is 5. The zero-order chi connectivity index (χ0) is 17.1. The quantitative estimate of drug-likeness (QED) is 0.844. The first-order valence-corrected chi connectivity index (χ1v) is 8.78. The SMILES string of the molecule is Cc1nc(CN(C)C2[C@H](C)CN(Cc3ccccc3)C[C@H]2C)no1. The Morgan fingerprint density at radius 2 is 1.83 bits per heavy atom. The van der Waals surface area contributed by atoms with Crippen molar-refractivity contribution in [1.29, 1.82) is 0 Å². The maximum Gasteiger partial charge on any atom is 0.223 e. The highest BCUT2D eigenvalue weighted by atomic mass is 16.5. The molecule has 1 fully saturated rings. The third-order valence-electron chi connectivity index (χ3n) is 4.98. The molecule has 1 saturated heterocycles. The summed E-state index contributed by atoms with van der Waals surface area (Å²) in [5.74, 6) is 2.63. The second-order valence-corrected chi connectivity index (χ2v) is 7.27. The van der Waals surface area contributed by atoms with Crippen molar-refractivity contribution in [2.24, 2.45) is 11.8 Å². The van der Waals surface area contributed by atoms with Gasteiger partial charge in [-0.25, -0.2) is 0 Å². The summed E-state index contributed by atoms with van der Waals surface area (Å²) in [6.45, 7) is 10.6. The van der Waals surface area contributed by atoms with E-state index in [4.69, 9.17) is 4.52 Å². The van der Waals surface area contributed by atoms with Crippen LogP contribution in [0.5, 0.6) is 0 Å². The molecule has 1 aliphatic rings. The fraction of sp³-hybridized carbons (Fsp3) is 0.579. The minimum Gasteiger partial charge on any atom is -0.340 e. The normalized spacial score (nSPS) is 23.0. The summed E-state index contributed by atoms with van der Waals surface area (Å²) in [6.07, 6.45) is 0. The maximum atomic E-state index is 5.09. The second kappa shape index (κ2) is 7.45. The van der Waals surface area contributed by atoms with Gasteiger partial charge in [-0.15, -0.1) is 0 Å². The van der Waals surface area contributed by atoms with Gasteiger partial charge in [-0.3, -0.25) is 9.80 Å². The summed E-state index contributed by atoms with van der Waals surface area (Å²) in [7, 11) is 2.18. The van der Waals surface area contributed by atoms with Crippen LogP contribution in [0.3, 0.4) is 0 Å². The highest BCUT2D eigenvalue weighted by molar-refractivity contribution is 5.14. The molecule has 1 aliphatic heterocycles. The number of hydrogen-bond acceptors (Lipinski definition) is 5. The van der Waals surface area contributed by atoms with E-state index < -0.39 is 0 Å². The molecule has 0 spiro atoms. The third-order valence-corrected chi connectivity index (χ3v) is 4.98. The van der Waals surface area contributed by atoms with Gasteiger partial charge in [-0.05, 0) is 24.4 Å². The van der Waals surface area contributed by atoms with Gasteiger partial charge in [0, 0.05) is 32.6 Å². The van der Waals surface area contributed by atoms with E-state index in [9.17, 15) is 0 Å². The van der Waals surface area contributed by atoms with E-state index in [1.165, 1.54) is 5.56 Å². The zero-order valence-electron chi connectivity index (χ0n) is 15.1. The number of aromatic nitrogens is 2. The smallest absolute Gasteiger partial charge is 0.223 e. The van der Waals surface area contributed by atoms with Crippen LogP contribution in [0.4, 0.5) is 0 Å². The lowest BCUT2D eigenvalue weighted by atomic mass is 9.84. The van der Waals surface area contributed by atoms with Gasteiger partial charge in [0.2, 0.25) is 5.89 Å². The monoisotopic (exact) mass is 328 g/mol. The van der Waals surface area contributed by atoms with Crippen LogP contribution in [0.2, 0.25) is 0 Å². The summed E-state index contributed by atoms with van der Waals surface area (Å²) in [5.41, 5.74) is 1.39. The lowest BCUT2D eigenvalue weighted by Gasteiger charge is -2.45. The van der Waals surface area contributed by atoms with Crippen molar-refractivity contribution in [2.45, 2.75) is 39.9 Å². The Bertz CT molecular complexity index is 630. The van der Waals surface area contributed by atoms with E-state index in [1.807, 2.05) is 6.92 Å². The van der Waals surface area contributed by atoms with E-state index in [2.05, 4.69) is 71.2 Å². The molecular weight excluding hydrogens is 300 g/mol. The van der Waals surface area contributed by atoms with Crippen molar-refractivity contribution < 1.29 is 4.52 Å². The maximum absolute atomic E-state index is 5.09. The van der Waals surface area contributed by atoms with Crippen molar-refractivity contribution in [3.63, 3.8) is 0 Å². The molecular formula is C19H28N4O. The van der Waals surface area contributed by atoms with Crippen molar-refractivity contribution in [1.82, 2.24) is 19.9 Å². The average Bonchev–Trinajstić information content (AvgIpc) is 2.92. The minimum atomic E-state index is 0.538. The van der Waals surface area contributed by atoms with E-state index >= 15 is 0 Å². The highest BCUT2D eigenvalue weighted by Gasteiger charge is 2.34. The Labute approximate surface area is 144 Å². The van der Waals surface area contributed by atoms with Crippen LogP contribution in [0.25, 0.3) is 0 Å². The number of nitrogens with zero attached hydrogens (tertiary/aromatic N) is 4. The molecule has 0 unspecified atom stereocenters. The fourth-order valence-corrected chi connectivity index (χ4v) is 4.24. The molecule has 5 heteroatoms. The van der Waals surface area contributed by atoms with E-state index in [0.717, 1.165) is 32.0 Å². The molecule has 1 aromatic heterocycles. The number of benzene rings is 1. The molecule has 1 aromatic carbocycles. The topological polar surface area (TPSA) is 45.4 Å². The van der Waals surface area contributed by atoms with Gasteiger partial charge in [0.1, 0.15) is 0 Å². The van der Waals surface area contributed by atoms with Crippen LogP contribution in [0, 0.1) is 18.8 Å². The largest absolute Gasteiger partial charge is 0.340 e. The minimum absolute atomic E-state index is 0.538. The Morgan fingerprint density at radius 1 is 1.17 bits per heavy atom. The molecule has 2 heterocycles. The summed E-state index contributed by atoms with van der Waals surface area (Å²) in [6, 6.07) is 11.3. The zero-order valence-corrected chi connectivity index (χ0v) is 15.1. The first-order valence-electron chi connectivity index (χ1n) is 8.78. The molecule has 0 amide bonds. The van der Waals surface area contributed by atoms with Gasteiger partial charge >= 0.3 is 0 Å². The molecule has 0 radical (unpaired) electrons. The third kappa shape index (κ3) is 4.02. The van der Waals surface area contributed by atoms with Crippen molar-refractivity contribution in [3.8, 4) is 0 Å². The first kappa shape index (κ1) is 17.1. The van der Waals surface area contributed by atoms with Gasteiger partial charge in [0.25, 0.3) is 0 Å². The van der Waals surface area contributed by atoms with Crippen molar-refractivity contribution in [2.75, 3.05) is 20.1 Å². The Hall–Kier alpha value is -1.72. The van der Waals surface area contributed by atoms with Crippen molar-refractivity contribution in [3.05, 3.63) is 47.6 Å². The summed E-state index contributed by atoms with van der Waals surface area (Å²) < 4.78 is 5.09. The van der Waals surface area contributed by atoms with Crippen molar-refractivity contribution >= 4 is 0 Å². The fourth-order valence-electron chi connectivity index (χ4n) is 4.24. The standard InChI is InChI=1S/C19H28N4O/c1-14-10-23(12-17-8-6-5-7-9-17)11-15(2)19(14)22(4)13-18-20-16(3)24-21-18/h5-9,14-15,19H,10-13H2,1-4H3/t14-,15-/m1/s1.